The van der Waals surface area contributed by atoms with Gasteiger partial charge in [-0.05, 0) is 30.7 Å². The molecule has 1 aromatic carbocycles. The van der Waals surface area contributed by atoms with Gasteiger partial charge in [-0.15, -0.1) is 0 Å². The molecule has 0 aromatic heterocycles. The second-order valence-electron chi connectivity index (χ2n) is 2.75. The first kappa shape index (κ1) is 11.8. The Morgan fingerprint density at radius 1 is 1.50 bits per heavy atom. The first-order valence-electron chi connectivity index (χ1n) is 4.24. The summed E-state index contributed by atoms with van der Waals surface area (Å²) in [4.78, 5) is 11.4. The van der Waals surface area contributed by atoms with Crippen molar-refractivity contribution in [3.63, 3.8) is 0 Å². The average molecular weight is 325 g/mol. The smallest absolute Gasteiger partial charge is 0.324 e. The number of halogens is 2. The summed E-state index contributed by atoms with van der Waals surface area (Å²) in [5.74, 6) is 0.324. The molecule has 0 radical (unpaired) electrons. The largest absolute Gasteiger partial charge is 0.426 e. The van der Waals surface area contributed by atoms with Crippen LogP contribution in [0.4, 0.5) is 0 Å². The Morgan fingerprint density at radius 2 is 2.07 bits per heavy atom. The molecule has 0 N–H and O–H groups in total. The van der Waals surface area contributed by atoms with E-state index in [1.165, 1.54) is 0 Å². The Kier molecular flexibility index (Phi) is 4.68. The van der Waals surface area contributed by atoms with Gasteiger partial charge < -0.3 is 4.74 Å². The third-order valence-electron chi connectivity index (χ3n) is 1.65. The zero-order valence-corrected chi connectivity index (χ0v) is 10.6. The fourth-order valence-electron chi connectivity index (χ4n) is 0.849. The molecule has 0 aliphatic heterocycles. The van der Waals surface area contributed by atoms with E-state index < -0.39 is 0 Å². The summed E-state index contributed by atoms with van der Waals surface area (Å²) in [5.41, 5.74) is 0. The zero-order valence-electron chi connectivity index (χ0n) is 7.67. The molecule has 0 heterocycles. The van der Waals surface area contributed by atoms with Gasteiger partial charge in [0.1, 0.15) is 9.67 Å². The van der Waals surface area contributed by atoms with Crippen LogP contribution in [0, 0.1) is 0 Å². The predicted octanol–water partition coefficient (Wildman–Crippen LogP) is 3.46. The van der Waals surface area contributed by atoms with Gasteiger partial charge in [0.05, 0.1) is 0 Å². The van der Waals surface area contributed by atoms with E-state index in [1.807, 2.05) is 6.92 Å². The first-order chi connectivity index (χ1) is 6.63. The van der Waals surface area contributed by atoms with Crippen molar-refractivity contribution in [2.75, 3.05) is 0 Å². The van der Waals surface area contributed by atoms with Gasteiger partial charge in [0, 0.05) is 5.02 Å². The summed E-state index contributed by atoms with van der Waals surface area (Å²) in [6.07, 6.45) is 0.771. The van der Waals surface area contributed by atoms with Crippen molar-refractivity contribution >= 4 is 40.2 Å². The van der Waals surface area contributed by atoms with Gasteiger partial charge in [-0.3, -0.25) is 4.79 Å². The van der Waals surface area contributed by atoms with E-state index in [0.717, 1.165) is 6.42 Å². The molecular weight excluding hydrogens is 314 g/mol. The third kappa shape index (κ3) is 3.46. The predicted molar refractivity (Wildman–Crippen MR) is 65.2 cm³/mol. The molecule has 0 bridgehead atoms. The molecule has 0 aliphatic carbocycles. The van der Waals surface area contributed by atoms with Crippen LogP contribution < -0.4 is 4.74 Å². The van der Waals surface area contributed by atoms with Gasteiger partial charge in [0.2, 0.25) is 0 Å². The van der Waals surface area contributed by atoms with Crippen LogP contribution in [0.1, 0.15) is 13.3 Å². The lowest BCUT2D eigenvalue weighted by Crippen LogP contribution is -2.19. The maximum absolute atomic E-state index is 11.4. The molecule has 0 fully saturated rings. The van der Waals surface area contributed by atoms with Crippen molar-refractivity contribution < 1.29 is 9.53 Å². The van der Waals surface area contributed by atoms with E-state index in [2.05, 4.69) is 22.6 Å². The molecule has 14 heavy (non-hydrogen) atoms. The van der Waals surface area contributed by atoms with Gasteiger partial charge in [-0.1, -0.05) is 41.1 Å². The molecule has 0 saturated heterocycles. The minimum absolute atomic E-state index is 0.0942. The van der Waals surface area contributed by atoms with Gasteiger partial charge in [0.25, 0.3) is 0 Å². The summed E-state index contributed by atoms with van der Waals surface area (Å²) in [6.45, 7) is 1.94. The standard InChI is InChI=1S/C10H10ClIO2/c1-2-9(12)10(13)14-8-5-3-7(11)4-6-8/h3-6,9H,2H2,1H3. The molecule has 0 aliphatic rings. The Balaban J connectivity index is 2.60. The Hall–Kier alpha value is -0.290. The summed E-state index contributed by atoms with van der Waals surface area (Å²) in [7, 11) is 0. The Labute approximate surface area is 102 Å². The van der Waals surface area contributed by atoms with Crippen molar-refractivity contribution in [3.05, 3.63) is 29.3 Å². The lowest BCUT2D eigenvalue weighted by molar-refractivity contribution is -0.133. The van der Waals surface area contributed by atoms with Crippen molar-refractivity contribution in [2.24, 2.45) is 0 Å². The number of hydrogen-bond donors (Lipinski definition) is 0. The number of ether oxygens (including phenoxy) is 1. The van der Waals surface area contributed by atoms with Crippen molar-refractivity contribution in [3.8, 4) is 5.75 Å². The average Bonchev–Trinajstić information content (AvgIpc) is 2.20. The molecular formula is C10H10ClIO2. The minimum atomic E-state index is -0.213. The maximum Gasteiger partial charge on any atom is 0.324 e. The molecule has 1 atom stereocenters. The SMILES string of the molecule is CCC(I)C(=O)Oc1ccc(Cl)cc1. The minimum Gasteiger partial charge on any atom is -0.426 e. The summed E-state index contributed by atoms with van der Waals surface area (Å²) >= 11 is 7.76. The topological polar surface area (TPSA) is 26.3 Å². The van der Waals surface area contributed by atoms with Gasteiger partial charge >= 0.3 is 5.97 Å². The van der Waals surface area contributed by atoms with Crippen LogP contribution in [0.2, 0.25) is 5.02 Å². The third-order valence-corrected chi connectivity index (χ3v) is 3.29. The number of esters is 1. The van der Waals surface area contributed by atoms with Crippen LogP contribution in [0.3, 0.4) is 0 Å². The van der Waals surface area contributed by atoms with Crippen molar-refractivity contribution in [1.82, 2.24) is 0 Å². The van der Waals surface area contributed by atoms with E-state index in [0.29, 0.717) is 10.8 Å². The van der Waals surface area contributed by atoms with E-state index in [4.69, 9.17) is 16.3 Å². The van der Waals surface area contributed by atoms with Gasteiger partial charge in [-0.25, -0.2) is 0 Å². The summed E-state index contributed by atoms with van der Waals surface area (Å²) in [5, 5.41) is 0.631. The molecule has 0 spiro atoms. The number of carbonyl (C=O) groups is 1. The van der Waals surface area contributed by atoms with Gasteiger partial charge in [0.15, 0.2) is 0 Å². The highest BCUT2D eigenvalue weighted by Crippen LogP contribution is 2.17. The number of rotatable bonds is 3. The Bertz CT molecular complexity index is 310. The molecule has 76 valence electrons. The van der Waals surface area contributed by atoms with E-state index in [1.54, 1.807) is 24.3 Å². The second kappa shape index (κ2) is 5.56. The monoisotopic (exact) mass is 324 g/mol. The number of carbonyl (C=O) groups excluding carboxylic acids is 1. The maximum atomic E-state index is 11.4. The van der Waals surface area contributed by atoms with E-state index in [9.17, 15) is 4.79 Å². The van der Waals surface area contributed by atoms with Gasteiger partial charge in [-0.2, -0.15) is 0 Å². The lowest BCUT2D eigenvalue weighted by Gasteiger charge is -2.07. The molecule has 2 nitrogen and oxygen atoms in total. The fourth-order valence-corrected chi connectivity index (χ4v) is 1.10. The number of alkyl halides is 1. The molecule has 1 unspecified atom stereocenters. The molecule has 0 amide bonds. The summed E-state index contributed by atoms with van der Waals surface area (Å²) < 4.78 is 5.02. The van der Waals surface area contributed by atoms with E-state index >= 15 is 0 Å². The van der Waals surface area contributed by atoms with Crippen LogP contribution in [-0.2, 0) is 4.79 Å². The van der Waals surface area contributed by atoms with Crippen LogP contribution in [0.25, 0.3) is 0 Å². The second-order valence-corrected chi connectivity index (χ2v) is 4.69. The first-order valence-corrected chi connectivity index (χ1v) is 5.87. The Morgan fingerprint density at radius 3 is 2.57 bits per heavy atom. The van der Waals surface area contributed by atoms with Crippen LogP contribution in [-0.4, -0.2) is 9.89 Å². The van der Waals surface area contributed by atoms with Crippen LogP contribution >= 0.6 is 34.2 Å². The van der Waals surface area contributed by atoms with Crippen molar-refractivity contribution in [2.45, 2.75) is 17.3 Å². The quantitative estimate of drug-likeness (QED) is 0.368. The molecule has 4 heteroatoms. The highest BCUT2D eigenvalue weighted by Gasteiger charge is 2.14. The van der Waals surface area contributed by atoms with Crippen LogP contribution in [0.15, 0.2) is 24.3 Å². The zero-order chi connectivity index (χ0) is 10.6. The summed E-state index contributed by atoms with van der Waals surface area (Å²) in [6, 6.07) is 6.75. The molecule has 1 rings (SSSR count). The van der Waals surface area contributed by atoms with E-state index in [-0.39, 0.29) is 9.89 Å². The normalized spacial score (nSPS) is 12.2. The van der Waals surface area contributed by atoms with Crippen LogP contribution in [0.5, 0.6) is 5.75 Å². The fraction of sp³-hybridized carbons (Fsp3) is 0.300. The lowest BCUT2D eigenvalue weighted by atomic mass is 10.3. The number of benzene rings is 1. The molecule has 0 saturated carbocycles. The highest BCUT2D eigenvalue weighted by molar-refractivity contribution is 14.1. The molecule has 1 aromatic rings. The van der Waals surface area contributed by atoms with Crippen molar-refractivity contribution in [1.29, 1.82) is 0 Å². The number of hydrogen-bond acceptors (Lipinski definition) is 2. The highest BCUT2D eigenvalue weighted by atomic mass is 127.